The Morgan fingerprint density at radius 2 is 2.00 bits per heavy atom. The first-order valence-corrected chi connectivity index (χ1v) is 9.16. The number of para-hydroxylation sites is 1. The van der Waals surface area contributed by atoms with Crippen LogP contribution in [-0.4, -0.2) is 55.1 Å². The number of carbonyl (C=O) groups is 3. The molecule has 1 aromatic rings. The molecule has 2 aliphatic heterocycles. The number of anilines is 1. The van der Waals surface area contributed by atoms with Crippen molar-refractivity contribution >= 4 is 23.6 Å². The van der Waals surface area contributed by atoms with Gasteiger partial charge in [0, 0.05) is 37.8 Å². The van der Waals surface area contributed by atoms with E-state index in [1.165, 1.54) is 0 Å². The minimum absolute atomic E-state index is 0.00728. The third kappa shape index (κ3) is 4.15. The molecule has 0 spiro atoms. The van der Waals surface area contributed by atoms with Crippen LogP contribution in [0, 0.1) is 5.92 Å². The first kappa shape index (κ1) is 18.2. The van der Waals surface area contributed by atoms with Gasteiger partial charge in [-0.15, -0.1) is 0 Å². The van der Waals surface area contributed by atoms with Gasteiger partial charge in [-0.25, -0.2) is 4.79 Å². The Balaban J connectivity index is 1.59. The van der Waals surface area contributed by atoms with E-state index in [1.807, 2.05) is 30.3 Å². The van der Waals surface area contributed by atoms with Gasteiger partial charge in [-0.2, -0.15) is 0 Å². The van der Waals surface area contributed by atoms with Crippen LogP contribution in [0.15, 0.2) is 30.3 Å². The van der Waals surface area contributed by atoms with Crippen LogP contribution in [0.25, 0.3) is 0 Å². The summed E-state index contributed by atoms with van der Waals surface area (Å²) in [7, 11) is 0. The fraction of sp³-hybridized carbons (Fsp3) is 0.526. The number of alkyl carbamates (subject to hydrolysis) is 1. The number of carbonyl (C=O) groups excluding carboxylic acids is 3. The molecule has 2 saturated heterocycles. The summed E-state index contributed by atoms with van der Waals surface area (Å²) in [6.07, 6.45) is 1.44. The standard InChI is InChI=1S/C19H25N3O4/c1-2-26-19(25)20-15-7-6-10-21(13-15)18(24)14-11-17(23)22(12-14)16-8-4-3-5-9-16/h3-5,8-9,14-15H,2,6-7,10-13H2,1H3,(H,20,25). The van der Waals surface area contributed by atoms with Gasteiger partial charge in [0.25, 0.3) is 0 Å². The zero-order chi connectivity index (χ0) is 18.5. The van der Waals surface area contributed by atoms with Crippen LogP contribution in [0.3, 0.4) is 0 Å². The lowest BCUT2D eigenvalue weighted by Crippen LogP contribution is -2.51. The summed E-state index contributed by atoms with van der Waals surface area (Å²) < 4.78 is 4.91. The van der Waals surface area contributed by atoms with E-state index in [0.717, 1.165) is 18.5 Å². The molecule has 7 nitrogen and oxygen atoms in total. The molecule has 2 atom stereocenters. The van der Waals surface area contributed by atoms with Gasteiger partial charge in [0.1, 0.15) is 0 Å². The summed E-state index contributed by atoms with van der Waals surface area (Å²) in [5.74, 6) is -0.357. The van der Waals surface area contributed by atoms with Gasteiger partial charge in [0.2, 0.25) is 11.8 Å². The van der Waals surface area contributed by atoms with Crippen molar-refractivity contribution in [3.05, 3.63) is 30.3 Å². The molecule has 3 amide bonds. The van der Waals surface area contributed by atoms with Crippen molar-refractivity contribution in [2.75, 3.05) is 31.1 Å². The Bertz CT molecular complexity index is 664. The zero-order valence-corrected chi connectivity index (χ0v) is 15.0. The molecule has 2 fully saturated rings. The van der Waals surface area contributed by atoms with Crippen LogP contribution < -0.4 is 10.2 Å². The highest BCUT2D eigenvalue weighted by atomic mass is 16.5. The smallest absolute Gasteiger partial charge is 0.407 e. The maximum Gasteiger partial charge on any atom is 0.407 e. The van der Waals surface area contributed by atoms with Crippen LogP contribution in [0.5, 0.6) is 0 Å². The molecule has 0 saturated carbocycles. The number of nitrogens with one attached hydrogen (secondary N) is 1. The predicted octanol–water partition coefficient (Wildman–Crippen LogP) is 1.78. The van der Waals surface area contributed by atoms with E-state index >= 15 is 0 Å². The summed E-state index contributed by atoms with van der Waals surface area (Å²) in [5.41, 5.74) is 0.827. The average molecular weight is 359 g/mol. The fourth-order valence-corrected chi connectivity index (χ4v) is 3.62. The lowest BCUT2D eigenvalue weighted by molar-refractivity contribution is -0.137. The zero-order valence-electron chi connectivity index (χ0n) is 15.0. The first-order chi connectivity index (χ1) is 12.6. The monoisotopic (exact) mass is 359 g/mol. The lowest BCUT2D eigenvalue weighted by Gasteiger charge is -2.34. The number of nitrogens with zero attached hydrogens (tertiary/aromatic N) is 2. The van der Waals surface area contributed by atoms with Crippen LogP contribution in [0.4, 0.5) is 10.5 Å². The maximum atomic E-state index is 12.9. The van der Waals surface area contributed by atoms with Gasteiger partial charge in [0.15, 0.2) is 0 Å². The van der Waals surface area contributed by atoms with E-state index in [-0.39, 0.29) is 30.2 Å². The van der Waals surface area contributed by atoms with Gasteiger partial charge in [-0.05, 0) is 31.9 Å². The highest BCUT2D eigenvalue weighted by molar-refractivity contribution is 6.00. The molecule has 26 heavy (non-hydrogen) atoms. The third-order valence-corrected chi connectivity index (χ3v) is 4.87. The predicted molar refractivity (Wildman–Crippen MR) is 96.7 cm³/mol. The average Bonchev–Trinajstić information content (AvgIpc) is 3.04. The van der Waals surface area contributed by atoms with E-state index in [9.17, 15) is 14.4 Å². The van der Waals surface area contributed by atoms with Crippen LogP contribution in [-0.2, 0) is 14.3 Å². The van der Waals surface area contributed by atoms with Crippen molar-refractivity contribution in [2.45, 2.75) is 32.2 Å². The Morgan fingerprint density at radius 1 is 1.23 bits per heavy atom. The molecule has 140 valence electrons. The summed E-state index contributed by atoms with van der Waals surface area (Å²) in [6, 6.07) is 9.32. The summed E-state index contributed by atoms with van der Waals surface area (Å²) >= 11 is 0. The van der Waals surface area contributed by atoms with Crippen LogP contribution in [0.2, 0.25) is 0 Å². The second-order valence-electron chi connectivity index (χ2n) is 6.73. The summed E-state index contributed by atoms with van der Waals surface area (Å²) in [4.78, 5) is 40.3. The molecule has 0 radical (unpaired) electrons. The normalized spacial score (nSPS) is 23.0. The van der Waals surface area contributed by atoms with Crippen molar-refractivity contribution in [3.63, 3.8) is 0 Å². The molecule has 7 heteroatoms. The van der Waals surface area contributed by atoms with Crippen molar-refractivity contribution in [1.82, 2.24) is 10.2 Å². The van der Waals surface area contributed by atoms with Gasteiger partial charge in [-0.1, -0.05) is 18.2 Å². The quantitative estimate of drug-likeness (QED) is 0.889. The Morgan fingerprint density at radius 3 is 2.73 bits per heavy atom. The molecule has 0 aliphatic carbocycles. The first-order valence-electron chi connectivity index (χ1n) is 9.16. The Kier molecular flexibility index (Phi) is 5.75. The third-order valence-electron chi connectivity index (χ3n) is 4.87. The van der Waals surface area contributed by atoms with Gasteiger partial charge in [-0.3, -0.25) is 9.59 Å². The number of hydrogen-bond donors (Lipinski definition) is 1. The van der Waals surface area contributed by atoms with Gasteiger partial charge < -0.3 is 19.9 Å². The molecule has 3 rings (SSSR count). The molecular weight excluding hydrogens is 334 g/mol. The van der Waals surface area contributed by atoms with Crippen molar-refractivity contribution in [2.24, 2.45) is 5.92 Å². The number of benzene rings is 1. The topological polar surface area (TPSA) is 79.0 Å². The number of amides is 3. The Labute approximate surface area is 153 Å². The second-order valence-corrected chi connectivity index (χ2v) is 6.73. The minimum Gasteiger partial charge on any atom is -0.450 e. The van der Waals surface area contributed by atoms with Crippen LogP contribution >= 0.6 is 0 Å². The molecule has 1 aromatic carbocycles. The summed E-state index contributed by atoms with van der Waals surface area (Å²) in [5, 5.41) is 2.81. The molecule has 1 N–H and O–H groups in total. The van der Waals surface area contributed by atoms with Gasteiger partial charge >= 0.3 is 6.09 Å². The van der Waals surface area contributed by atoms with Crippen molar-refractivity contribution in [3.8, 4) is 0 Å². The molecule has 0 aromatic heterocycles. The number of piperidine rings is 1. The van der Waals surface area contributed by atoms with Crippen molar-refractivity contribution in [1.29, 1.82) is 0 Å². The maximum absolute atomic E-state index is 12.9. The molecule has 2 aliphatic rings. The number of hydrogen-bond acceptors (Lipinski definition) is 4. The number of ether oxygens (including phenoxy) is 1. The van der Waals surface area contributed by atoms with E-state index in [0.29, 0.717) is 26.2 Å². The van der Waals surface area contributed by atoms with E-state index in [2.05, 4.69) is 5.32 Å². The molecule has 2 heterocycles. The largest absolute Gasteiger partial charge is 0.450 e. The van der Waals surface area contributed by atoms with E-state index < -0.39 is 6.09 Å². The SMILES string of the molecule is CCOC(=O)NC1CCCN(C(=O)C2CC(=O)N(c3ccccc3)C2)C1. The van der Waals surface area contributed by atoms with E-state index in [1.54, 1.807) is 16.7 Å². The molecule has 2 unspecified atom stereocenters. The second kappa shape index (κ2) is 8.21. The fourth-order valence-electron chi connectivity index (χ4n) is 3.62. The number of rotatable bonds is 4. The van der Waals surface area contributed by atoms with Crippen molar-refractivity contribution < 1.29 is 19.1 Å². The number of likely N-dealkylation sites (tertiary alicyclic amines) is 1. The highest BCUT2D eigenvalue weighted by Gasteiger charge is 2.38. The minimum atomic E-state index is -0.446. The highest BCUT2D eigenvalue weighted by Crippen LogP contribution is 2.27. The van der Waals surface area contributed by atoms with Gasteiger partial charge in [0.05, 0.1) is 12.5 Å². The lowest BCUT2D eigenvalue weighted by atomic mass is 10.0. The summed E-state index contributed by atoms with van der Waals surface area (Å²) in [6.45, 7) is 3.62. The molecular formula is C19H25N3O4. The van der Waals surface area contributed by atoms with E-state index in [4.69, 9.17) is 4.74 Å². The van der Waals surface area contributed by atoms with Crippen LogP contribution in [0.1, 0.15) is 26.2 Å². The Hall–Kier alpha value is -2.57. The molecule has 0 bridgehead atoms.